The fourth-order valence-corrected chi connectivity index (χ4v) is 1.65. The van der Waals surface area contributed by atoms with Crippen molar-refractivity contribution in [3.05, 3.63) is 11.7 Å². The van der Waals surface area contributed by atoms with Gasteiger partial charge in [-0.05, 0) is 13.5 Å². The van der Waals surface area contributed by atoms with Gasteiger partial charge in [0.25, 0.3) is 0 Å². The average Bonchev–Trinajstić information content (AvgIpc) is 2.68. The van der Waals surface area contributed by atoms with E-state index in [0.717, 1.165) is 18.1 Å². The third-order valence-corrected chi connectivity index (χ3v) is 2.78. The lowest BCUT2D eigenvalue weighted by atomic mass is 10.00. The number of likely N-dealkylation sites (N-methyl/N-ethyl adjacent to an activating group) is 1. The Morgan fingerprint density at radius 1 is 1.33 bits per heavy atom. The van der Waals surface area contributed by atoms with Crippen LogP contribution < -0.4 is 5.32 Å². The van der Waals surface area contributed by atoms with E-state index in [0.29, 0.717) is 12.0 Å². The van der Waals surface area contributed by atoms with E-state index in [1.165, 1.54) is 0 Å². The largest absolute Gasteiger partial charge is 0.339 e. The van der Waals surface area contributed by atoms with Gasteiger partial charge < -0.3 is 9.84 Å². The molecule has 0 bridgehead atoms. The fourth-order valence-electron chi connectivity index (χ4n) is 1.65. The number of aromatic nitrogens is 2. The van der Waals surface area contributed by atoms with Crippen molar-refractivity contribution in [2.45, 2.75) is 52.0 Å². The zero-order valence-corrected chi connectivity index (χ0v) is 10.2. The molecule has 0 amide bonds. The molecule has 86 valence electrons. The van der Waals surface area contributed by atoms with Crippen LogP contribution in [0.4, 0.5) is 0 Å². The fraction of sp³-hybridized carbons (Fsp3) is 0.818. The topological polar surface area (TPSA) is 51.0 Å². The second-order valence-corrected chi connectivity index (χ2v) is 4.24. The van der Waals surface area contributed by atoms with Crippen LogP contribution in [0.1, 0.15) is 57.7 Å². The van der Waals surface area contributed by atoms with Gasteiger partial charge in [-0.1, -0.05) is 32.9 Å². The molecule has 2 atom stereocenters. The summed E-state index contributed by atoms with van der Waals surface area (Å²) in [6.45, 7) is 8.39. The van der Waals surface area contributed by atoms with Crippen molar-refractivity contribution in [2.75, 3.05) is 7.05 Å². The molecule has 0 aliphatic carbocycles. The van der Waals surface area contributed by atoms with Gasteiger partial charge in [0.1, 0.15) is 0 Å². The number of hydrogen-bond acceptors (Lipinski definition) is 4. The first-order valence-corrected chi connectivity index (χ1v) is 5.60. The molecule has 2 unspecified atom stereocenters. The Kier molecular flexibility index (Phi) is 4.27. The minimum absolute atomic E-state index is 0.264. The molecule has 0 aliphatic rings. The Balaban J connectivity index is 2.77. The van der Waals surface area contributed by atoms with Crippen LogP contribution in [-0.4, -0.2) is 23.2 Å². The highest BCUT2D eigenvalue weighted by atomic mass is 16.5. The van der Waals surface area contributed by atoms with Crippen LogP contribution in [0.25, 0.3) is 0 Å². The molecule has 0 aromatic carbocycles. The van der Waals surface area contributed by atoms with Crippen molar-refractivity contribution >= 4 is 0 Å². The van der Waals surface area contributed by atoms with E-state index in [1.54, 1.807) is 0 Å². The maximum atomic E-state index is 5.27. The molecule has 0 spiro atoms. The minimum atomic E-state index is 0.264. The second kappa shape index (κ2) is 5.26. The molecule has 4 nitrogen and oxygen atoms in total. The van der Waals surface area contributed by atoms with Crippen LogP contribution in [0, 0.1) is 0 Å². The van der Waals surface area contributed by atoms with E-state index < -0.39 is 0 Å². The van der Waals surface area contributed by atoms with E-state index in [9.17, 15) is 0 Å². The van der Waals surface area contributed by atoms with Gasteiger partial charge in [-0.2, -0.15) is 4.98 Å². The highest BCUT2D eigenvalue weighted by molar-refractivity contribution is 4.99. The molecule has 0 aliphatic heterocycles. The summed E-state index contributed by atoms with van der Waals surface area (Å²) >= 11 is 0. The molecule has 0 fully saturated rings. The molecule has 1 heterocycles. The number of nitrogens with zero attached hydrogens (tertiary/aromatic N) is 2. The first-order chi connectivity index (χ1) is 7.10. The van der Waals surface area contributed by atoms with Crippen molar-refractivity contribution < 1.29 is 4.52 Å². The number of hydrogen-bond donors (Lipinski definition) is 1. The van der Waals surface area contributed by atoms with Crippen molar-refractivity contribution in [3.63, 3.8) is 0 Å². The zero-order valence-electron chi connectivity index (χ0n) is 10.2. The Hall–Kier alpha value is -0.900. The predicted octanol–water partition coefficient (Wildman–Crippen LogP) is 2.29. The molecule has 0 saturated heterocycles. The molecule has 4 heteroatoms. The van der Waals surface area contributed by atoms with Crippen LogP contribution in [-0.2, 0) is 0 Å². The minimum Gasteiger partial charge on any atom is -0.339 e. The lowest BCUT2D eigenvalue weighted by molar-refractivity contribution is 0.323. The van der Waals surface area contributed by atoms with Crippen molar-refractivity contribution in [3.8, 4) is 0 Å². The molecular weight excluding hydrogens is 190 g/mol. The van der Waals surface area contributed by atoms with Gasteiger partial charge >= 0.3 is 0 Å². The van der Waals surface area contributed by atoms with Gasteiger partial charge in [0, 0.05) is 12.0 Å². The third kappa shape index (κ3) is 2.78. The van der Waals surface area contributed by atoms with Gasteiger partial charge in [-0.3, -0.25) is 0 Å². The lowest BCUT2D eigenvalue weighted by Gasteiger charge is -2.18. The Morgan fingerprint density at radius 3 is 2.40 bits per heavy atom. The predicted molar refractivity (Wildman–Crippen MR) is 59.9 cm³/mol. The van der Waals surface area contributed by atoms with Gasteiger partial charge in [0.05, 0.1) is 5.92 Å². The molecule has 0 saturated carbocycles. The highest BCUT2D eigenvalue weighted by Gasteiger charge is 2.22. The van der Waals surface area contributed by atoms with E-state index in [1.807, 2.05) is 7.05 Å². The summed E-state index contributed by atoms with van der Waals surface area (Å²) in [5, 5.41) is 7.23. The Labute approximate surface area is 91.5 Å². The quantitative estimate of drug-likeness (QED) is 0.812. The van der Waals surface area contributed by atoms with Gasteiger partial charge in [0.15, 0.2) is 5.82 Å². The van der Waals surface area contributed by atoms with E-state index in [4.69, 9.17) is 4.52 Å². The molecular formula is C11H21N3O. The maximum Gasteiger partial charge on any atom is 0.231 e. The maximum absolute atomic E-state index is 5.27. The lowest BCUT2D eigenvalue weighted by Crippen LogP contribution is -2.30. The summed E-state index contributed by atoms with van der Waals surface area (Å²) in [6, 6.07) is 0.394. The Bertz CT molecular complexity index is 292. The molecule has 15 heavy (non-hydrogen) atoms. The van der Waals surface area contributed by atoms with E-state index in [2.05, 4.69) is 43.2 Å². The van der Waals surface area contributed by atoms with Crippen molar-refractivity contribution in [1.82, 2.24) is 15.5 Å². The number of rotatable bonds is 5. The van der Waals surface area contributed by atoms with Crippen LogP contribution in [0.2, 0.25) is 0 Å². The molecule has 1 N–H and O–H groups in total. The highest BCUT2D eigenvalue weighted by Crippen LogP contribution is 2.21. The van der Waals surface area contributed by atoms with Crippen molar-refractivity contribution in [1.29, 1.82) is 0 Å². The van der Waals surface area contributed by atoms with E-state index >= 15 is 0 Å². The normalized spacial score (nSPS) is 15.6. The third-order valence-electron chi connectivity index (χ3n) is 2.78. The molecule has 0 radical (unpaired) electrons. The first-order valence-electron chi connectivity index (χ1n) is 5.60. The van der Waals surface area contributed by atoms with Crippen molar-refractivity contribution in [2.24, 2.45) is 0 Å². The standard InChI is InChI=1S/C11H21N3O/c1-6-9(12-5)8(4)11-13-10(7(2)3)14-15-11/h7-9,12H,6H2,1-5H3. The van der Waals surface area contributed by atoms with Crippen LogP contribution in [0.15, 0.2) is 4.52 Å². The number of nitrogens with one attached hydrogen (secondary N) is 1. The van der Waals surface area contributed by atoms with Gasteiger partial charge in [-0.15, -0.1) is 0 Å². The summed E-state index contributed by atoms with van der Waals surface area (Å²) in [5.74, 6) is 2.12. The summed E-state index contributed by atoms with van der Waals surface area (Å²) in [7, 11) is 1.96. The summed E-state index contributed by atoms with van der Waals surface area (Å²) < 4.78 is 5.27. The molecule has 1 aromatic rings. The molecule has 1 rings (SSSR count). The summed E-state index contributed by atoms with van der Waals surface area (Å²) in [6.07, 6.45) is 1.05. The van der Waals surface area contributed by atoms with Crippen LogP contribution in [0.5, 0.6) is 0 Å². The summed E-state index contributed by atoms with van der Waals surface area (Å²) in [5.41, 5.74) is 0. The summed E-state index contributed by atoms with van der Waals surface area (Å²) in [4.78, 5) is 4.41. The smallest absolute Gasteiger partial charge is 0.231 e. The van der Waals surface area contributed by atoms with Gasteiger partial charge in [-0.25, -0.2) is 0 Å². The average molecular weight is 211 g/mol. The van der Waals surface area contributed by atoms with Gasteiger partial charge in [0.2, 0.25) is 5.89 Å². The molecule has 1 aromatic heterocycles. The van der Waals surface area contributed by atoms with E-state index in [-0.39, 0.29) is 5.92 Å². The monoisotopic (exact) mass is 211 g/mol. The van der Waals surface area contributed by atoms with Crippen LogP contribution in [0.3, 0.4) is 0 Å². The second-order valence-electron chi connectivity index (χ2n) is 4.24. The Morgan fingerprint density at radius 2 is 2.00 bits per heavy atom. The van der Waals surface area contributed by atoms with Crippen LogP contribution >= 0.6 is 0 Å². The zero-order chi connectivity index (χ0) is 11.4. The SMILES string of the molecule is CCC(NC)C(C)c1nc(C(C)C)no1. The first kappa shape index (κ1) is 12.2.